The molecule has 0 heterocycles. The van der Waals surface area contributed by atoms with Crippen molar-refractivity contribution >= 4 is 0 Å². The Balaban J connectivity index is 1.87. The molecule has 1 aromatic carbocycles. The maximum Gasteiger partial charge on any atom is 0.0664 e. The van der Waals surface area contributed by atoms with Gasteiger partial charge in [0.05, 0.1) is 6.10 Å². The molecule has 1 unspecified atom stereocenters. The molecule has 2 fully saturated rings. The smallest absolute Gasteiger partial charge is 0.0664 e. The van der Waals surface area contributed by atoms with E-state index < -0.39 is 0 Å². The van der Waals surface area contributed by atoms with Gasteiger partial charge in [0.25, 0.3) is 0 Å². The fourth-order valence-corrected chi connectivity index (χ4v) is 4.43. The Morgan fingerprint density at radius 1 is 0.895 bits per heavy atom. The second-order valence-electron chi connectivity index (χ2n) is 6.57. The van der Waals surface area contributed by atoms with Crippen molar-refractivity contribution in [3.05, 3.63) is 35.9 Å². The molecule has 1 atom stereocenters. The normalized spacial score (nSPS) is 25.3. The van der Waals surface area contributed by atoms with Crippen LogP contribution in [-0.4, -0.2) is 11.2 Å². The molecule has 0 aliphatic heterocycles. The van der Waals surface area contributed by atoms with Crippen LogP contribution in [0.4, 0.5) is 0 Å². The summed E-state index contributed by atoms with van der Waals surface area (Å²) >= 11 is 0. The molecule has 1 nitrogen and oxygen atoms in total. The van der Waals surface area contributed by atoms with Crippen molar-refractivity contribution in [1.82, 2.24) is 0 Å². The minimum atomic E-state index is -0.127. The van der Waals surface area contributed by atoms with Gasteiger partial charge in [0.15, 0.2) is 0 Å². The number of rotatable bonds is 3. The highest BCUT2D eigenvalue weighted by atomic mass is 16.3. The van der Waals surface area contributed by atoms with Crippen LogP contribution in [0.2, 0.25) is 0 Å². The number of hydrogen-bond acceptors (Lipinski definition) is 1. The van der Waals surface area contributed by atoms with Crippen LogP contribution < -0.4 is 0 Å². The molecule has 0 amide bonds. The van der Waals surface area contributed by atoms with Gasteiger partial charge in [0.1, 0.15) is 0 Å². The van der Waals surface area contributed by atoms with E-state index in [0.717, 1.165) is 0 Å². The summed E-state index contributed by atoms with van der Waals surface area (Å²) in [5.74, 6) is 0.534. The van der Waals surface area contributed by atoms with Gasteiger partial charge in [0, 0.05) is 5.41 Å². The first-order valence-corrected chi connectivity index (χ1v) is 8.06. The molecule has 19 heavy (non-hydrogen) atoms. The summed E-state index contributed by atoms with van der Waals surface area (Å²) in [6, 6.07) is 10.8. The van der Waals surface area contributed by atoms with Gasteiger partial charge in [-0.25, -0.2) is 0 Å². The summed E-state index contributed by atoms with van der Waals surface area (Å²) in [6.45, 7) is 0. The Morgan fingerprint density at radius 2 is 1.53 bits per heavy atom. The van der Waals surface area contributed by atoms with E-state index in [0.29, 0.717) is 5.92 Å². The van der Waals surface area contributed by atoms with Gasteiger partial charge in [-0.05, 0) is 37.2 Å². The van der Waals surface area contributed by atoms with E-state index in [4.69, 9.17) is 0 Å². The second kappa shape index (κ2) is 5.66. The van der Waals surface area contributed by atoms with Gasteiger partial charge in [-0.3, -0.25) is 0 Å². The molecule has 104 valence electrons. The average molecular weight is 258 g/mol. The highest BCUT2D eigenvalue weighted by Gasteiger charge is 2.45. The highest BCUT2D eigenvalue weighted by Crippen LogP contribution is 2.47. The fraction of sp³-hybridized carbons (Fsp3) is 0.667. The minimum Gasteiger partial charge on any atom is -0.392 e. The standard InChI is InChI=1S/C18H26O/c19-17(15-9-3-1-4-10-15)18(13-7-8-14-18)16-11-5-2-6-12-16/h2,5-6,11-12,15,17,19H,1,3-4,7-10,13-14H2. The summed E-state index contributed by atoms with van der Waals surface area (Å²) in [5.41, 5.74) is 1.44. The molecule has 1 aromatic rings. The van der Waals surface area contributed by atoms with E-state index in [9.17, 15) is 5.11 Å². The second-order valence-corrected chi connectivity index (χ2v) is 6.57. The lowest BCUT2D eigenvalue weighted by Crippen LogP contribution is -2.42. The maximum atomic E-state index is 11.1. The summed E-state index contributed by atoms with van der Waals surface area (Å²) < 4.78 is 0. The van der Waals surface area contributed by atoms with E-state index in [1.807, 2.05) is 0 Å². The van der Waals surface area contributed by atoms with E-state index in [1.54, 1.807) is 0 Å². The molecule has 0 saturated heterocycles. The Labute approximate surface area is 117 Å². The van der Waals surface area contributed by atoms with Crippen molar-refractivity contribution in [3.63, 3.8) is 0 Å². The third kappa shape index (κ3) is 2.45. The number of hydrogen-bond donors (Lipinski definition) is 1. The van der Waals surface area contributed by atoms with Crippen LogP contribution in [0.25, 0.3) is 0 Å². The largest absolute Gasteiger partial charge is 0.392 e. The van der Waals surface area contributed by atoms with Crippen molar-refractivity contribution in [1.29, 1.82) is 0 Å². The summed E-state index contributed by atoms with van der Waals surface area (Å²) in [4.78, 5) is 0. The van der Waals surface area contributed by atoms with Crippen molar-refractivity contribution in [2.45, 2.75) is 69.3 Å². The van der Waals surface area contributed by atoms with E-state index in [-0.39, 0.29) is 11.5 Å². The third-order valence-electron chi connectivity index (χ3n) is 5.51. The van der Waals surface area contributed by atoms with E-state index in [2.05, 4.69) is 30.3 Å². The zero-order chi connectivity index (χ0) is 13.1. The average Bonchev–Trinajstić information content (AvgIpc) is 2.99. The lowest BCUT2D eigenvalue weighted by atomic mass is 9.67. The highest BCUT2D eigenvalue weighted by molar-refractivity contribution is 5.28. The Bertz CT molecular complexity index is 385. The van der Waals surface area contributed by atoms with Gasteiger partial charge in [-0.15, -0.1) is 0 Å². The molecule has 3 rings (SSSR count). The monoisotopic (exact) mass is 258 g/mol. The fourth-order valence-electron chi connectivity index (χ4n) is 4.43. The molecule has 0 bridgehead atoms. The first kappa shape index (κ1) is 13.2. The Morgan fingerprint density at radius 3 is 2.16 bits per heavy atom. The van der Waals surface area contributed by atoms with Crippen LogP contribution in [0, 0.1) is 5.92 Å². The van der Waals surface area contributed by atoms with Crippen molar-refractivity contribution in [3.8, 4) is 0 Å². The topological polar surface area (TPSA) is 20.2 Å². The van der Waals surface area contributed by atoms with Gasteiger partial charge < -0.3 is 5.11 Å². The van der Waals surface area contributed by atoms with E-state index >= 15 is 0 Å². The van der Waals surface area contributed by atoms with Crippen molar-refractivity contribution in [2.24, 2.45) is 5.92 Å². The van der Waals surface area contributed by atoms with Crippen LogP contribution in [-0.2, 0) is 5.41 Å². The number of aliphatic hydroxyl groups excluding tert-OH is 1. The molecule has 0 radical (unpaired) electrons. The molecule has 0 aromatic heterocycles. The zero-order valence-electron chi connectivity index (χ0n) is 11.9. The van der Waals surface area contributed by atoms with Crippen LogP contribution in [0.3, 0.4) is 0 Å². The predicted octanol–water partition coefficient (Wildman–Crippen LogP) is 4.44. The first-order valence-electron chi connectivity index (χ1n) is 8.06. The third-order valence-corrected chi connectivity index (χ3v) is 5.51. The SMILES string of the molecule is OC(C1CCCCC1)C1(c2ccccc2)CCCC1. The molecule has 2 aliphatic carbocycles. The summed E-state index contributed by atoms with van der Waals surface area (Å²) in [6.07, 6.45) is 11.2. The maximum absolute atomic E-state index is 11.1. The Kier molecular flexibility index (Phi) is 3.93. The number of aliphatic hydroxyl groups is 1. The first-order chi connectivity index (χ1) is 9.33. The quantitative estimate of drug-likeness (QED) is 0.849. The van der Waals surface area contributed by atoms with Crippen LogP contribution in [0.5, 0.6) is 0 Å². The van der Waals surface area contributed by atoms with Gasteiger partial charge in [-0.2, -0.15) is 0 Å². The van der Waals surface area contributed by atoms with E-state index in [1.165, 1.54) is 63.4 Å². The van der Waals surface area contributed by atoms with Crippen molar-refractivity contribution < 1.29 is 5.11 Å². The number of benzene rings is 1. The van der Waals surface area contributed by atoms with Gasteiger partial charge in [0.2, 0.25) is 0 Å². The van der Waals surface area contributed by atoms with Crippen LogP contribution in [0.1, 0.15) is 63.4 Å². The Hall–Kier alpha value is -0.820. The molecule has 1 N–H and O–H groups in total. The zero-order valence-corrected chi connectivity index (χ0v) is 11.9. The van der Waals surface area contributed by atoms with Gasteiger partial charge >= 0.3 is 0 Å². The minimum absolute atomic E-state index is 0.0588. The molecular formula is C18H26O. The predicted molar refractivity (Wildman–Crippen MR) is 79.2 cm³/mol. The van der Waals surface area contributed by atoms with Gasteiger partial charge in [-0.1, -0.05) is 62.4 Å². The van der Waals surface area contributed by atoms with Crippen molar-refractivity contribution in [2.75, 3.05) is 0 Å². The molecule has 2 saturated carbocycles. The lowest BCUT2D eigenvalue weighted by molar-refractivity contribution is 0.0141. The molecule has 1 heteroatoms. The lowest BCUT2D eigenvalue weighted by Gasteiger charge is -2.40. The van der Waals surface area contributed by atoms with Crippen LogP contribution in [0.15, 0.2) is 30.3 Å². The summed E-state index contributed by atoms with van der Waals surface area (Å²) in [5, 5.41) is 11.1. The molecule has 0 spiro atoms. The molecule has 2 aliphatic rings. The van der Waals surface area contributed by atoms with Crippen LogP contribution >= 0.6 is 0 Å². The molecular weight excluding hydrogens is 232 g/mol. The summed E-state index contributed by atoms with van der Waals surface area (Å²) in [7, 11) is 0.